The standard InChI is InChI=1S/C16H21N3O2/c20-16(14-15-12(1-5-17-14)4-8-21-15)18-13-9-11-2-6-19(10-13)7-3-11/h1,5,11,13H,2-4,6-10H2,(H,18,20). The Balaban J connectivity index is 1.50. The molecule has 3 saturated heterocycles. The number of fused-ring (bicyclic) bond motifs is 5. The van der Waals surface area contributed by atoms with Gasteiger partial charge in [-0.1, -0.05) is 0 Å². The summed E-state index contributed by atoms with van der Waals surface area (Å²) in [5, 5.41) is 3.18. The molecule has 21 heavy (non-hydrogen) atoms. The van der Waals surface area contributed by atoms with Gasteiger partial charge in [-0.15, -0.1) is 0 Å². The van der Waals surface area contributed by atoms with Crippen molar-refractivity contribution < 1.29 is 9.53 Å². The molecular formula is C16H21N3O2. The molecule has 1 N–H and O–H groups in total. The average Bonchev–Trinajstić information content (AvgIpc) is 2.80. The fourth-order valence-electron chi connectivity index (χ4n) is 3.82. The van der Waals surface area contributed by atoms with Gasteiger partial charge < -0.3 is 15.0 Å². The SMILES string of the molecule is O=C(NC1CC2CCN(CC2)C1)c1nccc2c1OCC2. The third-order valence-electron chi connectivity index (χ3n) is 4.96. The lowest BCUT2D eigenvalue weighted by Crippen LogP contribution is -2.42. The average molecular weight is 287 g/mol. The molecule has 4 aliphatic rings. The summed E-state index contributed by atoms with van der Waals surface area (Å²) in [5.41, 5.74) is 1.55. The van der Waals surface area contributed by atoms with E-state index in [1.165, 1.54) is 25.9 Å². The van der Waals surface area contributed by atoms with Crippen LogP contribution in [0.2, 0.25) is 0 Å². The first-order valence-electron chi connectivity index (χ1n) is 7.93. The van der Waals surface area contributed by atoms with Crippen LogP contribution < -0.4 is 10.1 Å². The number of amides is 1. The normalized spacial score (nSPS) is 30.4. The molecule has 1 aromatic rings. The second kappa shape index (κ2) is 5.30. The molecule has 3 fully saturated rings. The largest absolute Gasteiger partial charge is 0.490 e. The topological polar surface area (TPSA) is 54.5 Å². The van der Waals surface area contributed by atoms with Crippen LogP contribution in [0.15, 0.2) is 12.3 Å². The quantitative estimate of drug-likeness (QED) is 0.889. The number of carbonyl (C=O) groups is 1. The Hall–Kier alpha value is -1.62. The number of rotatable bonds is 2. The van der Waals surface area contributed by atoms with E-state index in [-0.39, 0.29) is 11.9 Å². The van der Waals surface area contributed by atoms with Gasteiger partial charge in [0.1, 0.15) is 0 Å². The van der Waals surface area contributed by atoms with E-state index in [0.717, 1.165) is 30.9 Å². The van der Waals surface area contributed by atoms with Crippen molar-refractivity contribution in [2.24, 2.45) is 5.92 Å². The molecule has 1 aromatic heterocycles. The highest BCUT2D eigenvalue weighted by Gasteiger charge is 2.31. The van der Waals surface area contributed by atoms with Crippen LogP contribution in [0.5, 0.6) is 5.75 Å². The summed E-state index contributed by atoms with van der Waals surface area (Å²) in [6.07, 6.45) is 6.22. The molecule has 5 heterocycles. The van der Waals surface area contributed by atoms with E-state index in [1.54, 1.807) is 6.20 Å². The first-order chi connectivity index (χ1) is 10.3. The Morgan fingerprint density at radius 3 is 3.10 bits per heavy atom. The molecule has 0 saturated carbocycles. The summed E-state index contributed by atoms with van der Waals surface area (Å²) in [7, 11) is 0. The van der Waals surface area contributed by atoms with Gasteiger partial charge >= 0.3 is 0 Å². The van der Waals surface area contributed by atoms with E-state index < -0.39 is 0 Å². The van der Waals surface area contributed by atoms with Gasteiger partial charge in [0.15, 0.2) is 11.4 Å². The molecule has 4 aliphatic heterocycles. The number of hydrogen-bond acceptors (Lipinski definition) is 4. The molecule has 0 aromatic carbocycles. The second-order valence-electron chi connectivity index (χ2n) is 6.40. The molecule has 0 radical (unpaired) electrons. The van der Waals surface area contributed by atoms with E-state index in [4.69, 9.17) is 4.74 Å². The zero-order valence-corrected chi connectivity index (χ0v) is 12.2. The lowest BCUT2D eigenvalue weighted by atomic mass is 9.94. The maximum atomic E-state index is 12.5. The number of aromatic nitrogens is 1. The molecule has 5 rings (SSSR count). The van der Waals surface area contributed by atoms with Crippen molar-refractivity contribution in [1.82, 2.24) is 15.2 Å². The fourth-order valence-corrected chi connectivity index (χ4v) is 3.82. The summed E-state index contributed by atoms with van der Waals surface area (Å²) >= 11 is 0. The summed E-state index contributed by atoms with van der Waals surface area (Å²) < 4.78 is 5.59. The van der Waals surface area contributed by atoms with E-state index in [9.17, 15) is 4.79 Å². The Labute approximate surface area is 124 Å². The van der Waals surface area contributed by atoms with Crippen molar-refractivity contribution in [2.75, 3.05) is 26.2 Å². The van der Waals surface area contributed by atoms with Crippen LogP contribution in [-0.4, -0.2) is 48.1 Å². The van der Waals surface area contributed by atoms with Crippen LogP contribution in [0.25, 0.3) is 0 Å². The highest BCUT2D eigenvalue weighted by molar-refractivity contribution is 5.95. The van der Waals surface area contributed by atoms with Crippen LogP contribution in [0.3, 0.4) is 0 Å². The third kappa shape index (κ3) is 2.50. The molecule has 5 nitrogen and oxygen atoms in total. The zero-order chi connectivity index (χ0) is 14.2. The van der Waals surface area contributed by atoms with Gasteiger partial charge in [0.05, 0.1) is 6.61 Å². The first-order valence-corrected chi connectivity index (χ1v) is 7.93. The maximum absolute atomic E-state index is 12.5. The zero-order valence-electron chi connectivity index (χ0n) is 12.2. The van der Waals surface area contributed by atoms with Crippen LogP contribution >= 0.6 is 0 Å². The number of carbonyl (C=O) groups excluding carboxylic acids is 1. The van der Waals surface area contributed by atoms with Crippen molar-refractivity contribution in [1.29, 1.82) is 0 Å². The minimum atomic E-state index is -0.0822. The summed E-state index contributed by atoms with van der Waals surface area (Å²) in [5.74, 6) is 1.37. The fraction of sp³-hybridized carbons (Fsp3) is 0.625. The first kappa shape index (κ1) is 13.1. The molecule has 112 valence electrons. The Bertz CT molecular complexity index is 538. The number of ether oxygens (including phenoxy) is 1. The van der Waals surface area contributed by atoms with Gasteiger partial charge in [-0.25, -0.2) is 4.98 Å². The lowest BCUT2D eigenvalue weighted by Gasteiger charge is -2.26. The van der Waals surface area contributed by atoms with Gasteiger partial charge in [0, 0.05) is 30.8 Å². The van der Waals surface area contributed by atoms with E-state index in [2.05, 4.69) is 15.2 Å². The van der Waals surface area contributed by atoms with Gasteiger partial charge in [0.2, 0.25) is 0 Å². The monoisotopic (exact) mass is 287 g/mol. The highest BCUT2D eigenvalue weighted by Crippen LogP contribution is 2.29. The van der Waals surface area contributed by atoms with Gasteiger partial charge in [-0.3, -0.25) is 4.79 Å². The number of piperidine rings is 1. The van der Waals surface area contributed by atoms with Gasteiger partial charge in [-0.05, 0) is 44.3 Å². The summed E-state index contributed by atoms with van der Waals surface area (Å²) in [6, 6.07) is 2.18. The number of pyridine rings is 1. The van der Waals surface area contributed by atoms with Crippen molar-refractivity contribution in [3.05, 3.63) is 23.5 Å². The van der Waals surface area contributed by atoms with Crippen LogP contribution in [0.4, 0.5) is 0 Å². The predicted octanol–water partition coefficient (Wildman–Crippen LogP) is 1.23. The van der Waals surface area contributed by atoms with E-state index in [0.29, 0.717) is 18.1 Å². The molecule has 0 aliphatic carbocycles. The molecule has 0 spiro atoms. The molecular weight excluding hydrogens is 266 g/mol. The summed E-state index contributed by atoms with van der Waals surface area (Å²) in [6.45, 7) is 3.98. The Morgan fingerprint density at radius 1 is 1.38 bits per heavy atom. The molecule has 1 unspecified atom stereocenters. The van der Waals surface area contributed by atoms with Crippen LogP contribution in [-0.2, 0) is 6.42 Å². The van der Waals surface area contributed by atoms with Crippen molar-refractivity contribution in [3.8, 4) is 5.75 Å². The number of hydrogen-bond donors (Lipinski definition) is 1. The number of nitrogens with one attached hydrogen (secondary N) is 1. The minimum absolute atomic E-state index is 0.0822. The third-order valence-corrected chi connectivity index (χ3v) is 4.96. The van der Waals surface area contributed by atoms with E-state index in [1.807, 2.05) is 6.07 Å². The van der Waals surface area contributed by atoms with Crippen molar-refractivity contribution >= 4 is 5.91 Å². The van der Waals surface area contributed by atoms with Gasteiger partial charge in [-0.2, -0.15) is 0 Å². The Morgan fingerprint density at radius 2 is 2.24 bits per heavy atom. The molecule has 2 bridgehead atoms. The highest BCUT2D eigenvalue weighted by atomic mass is 16.5. The second-order valence-corrected chi connectivity index (χ2v) is 6.40. The number of nitrogens with zero attached hydrogens (tertiary/aromatic N) is 2. The predicted molar refractivity (Wildman–Crippen MR) is 78.5 cm³/mol. The smallest absolute Gasteiger partial charge is 0.274 e. The lowest BCUT2D eigenvalue weighted by molar-refractivity contribution is 0.0920. The molecule has 1 atom stereocenters. The van der Waals surface area contributed by atoms with Gasteiger partial charge in [0.25, 0.3) is 5.91 Å². The Kier molecular flexibility index (Phi) is 3.30. The van der Waals surface area contributed by atoms with Crippen molar-refractivity contribution in [3.63, 3.8) is 0 Å². The van der Waals surface area contributed by atoms with Crippen LogP contribution in [0.1, 0.15) is 35.3 Å². The maximum Gasteiger partial charge on any atom is 0.274 e. The molecule has 5 heteroatoms. The van der Waals surface area contributed by atoms with Crippen molar-refractivity contribution in [2.45, 2.75) is 31.7 Å². The van der Waals surface area contributed by atoms with Crippen LogP contribution in [0, 0.1) is 5.92 Å². The van der Waals surface area contributed by atoms with E-state index >= 15 is 0 Å². The molecule has 1 amide bonds. The minimum Gasteiger partial charge on any atom is -0.490 e. The summed E-state index contributed by atoms with van der Waals surface area (Å²) in [4.78, 5) is 19.3.